The van der Waals surface area contributed by atoms with Crippen LogP contribution in [-0.4, -0.2) is 44.8 Å². The first-order valence-corrected chi connectivity index (χ1v) is 13.8. The molecule has 0 saturated carbocycles. The zero-order chi connectivity index (χ0) is 27.2. The molecule has 3 rings (SSSR count). The molecule has 0 bridgehead atoms. The number of aryl methyl sites for hydroxylation is 2. The lowest BCUT2D eigenvalue weighted by molar-refractivity contribution is -0.139. The number of halogens is 1. The number of amides is 2. The molecular weight excluding hydrogens is 510 g/mol. The highest BCUT2D eigenvalue weighted by atomic mass is 35.5. The number of sulfonamides is 1. The van der Waals surface area contributed by atoms with Gasteiger partial charge in [-0.1, -0.05) is 72.6 Å². The van der Waals surface area contributed by atoms with Crippen LogP contribution in [0.5, 0.6) is 0 Å². The minimum Gasteiger partial charge on any atom is -0.357 e. The summed E-state index contributed by atoms with van der Waals surface area (Å²) in [5.74, 6) is -0.903. The highest BCUT2D eigenvalue weighted by Crippen LogP contribution is 2.28. The van der Waals surface area contributed by atoms with E-state index in [0.717, 1.165) is 15.4 Å². The van der Waals surface area contributed by atoms with Gasteiger partial charge in [0.15, 0.2) is 0 Å². The summed E-state index contributed by atoms with van der Waals surface area (Å²) in [7, 11) is -2.62. The van der Waals surface area contributed by atoms with E-state index in [9.17, 15) is 18.0 Å². The van der Waals surface area contributed by atoms with Crippen LogP contribution in [0.3, 0.4) is 0 Å². The number of carbonyl (C=O) groups excluding carboxylic acids is 2. The second kappa shape index (κ2) is 12.3. The Hall–Kier alpha value is -3.36. The van der Waals surface area contributed by atoms with Crippen LogP contribution >= 0.6 is 11.6 Å². The van der Waals surface area contributed by atoms with Crippen LogP contribution < -0.4 is 9.62 Å². The predicted octanol–water partition coefficient (Wildman–Crippen LogP) is 4.57. The van der Waals surface area contributed by atoms with Crippen molar-refractivity contribution in [3.05, 3.63) is 94.5 Å². The number of hydrogen-bond donors (Lipinski definition) is 1. The predicted molar refractivity (Wildman–Crippen MR) is 147 cm³/mol. The third kappa shape index (κ3) is 6.50. The number of hydrogen-bond acceptors (Lipinski definition) is 4. The van der Waals surface area contributed by atoms with Gasteiger partial charge >= 0.3 is 0 Å². The first kappa shape index (κ1) is 28.2. The van der Waals surface area contributed by atoms with Crippen LogP contribution in [0.4, 0.5) is 5.69 Å². The summed E-state index contributed by atoms with van der Waals surface area (Å²) in [6.07, 6.45) is 0.572. The fourth-order valence-electron chi connectivity index (χ4n) is 4.01. The van der Waals surface area contributed by atoms with Gasteiger partial charge in [0, 0.05) is 18.6 Å². The molecule has 0 heterocycles. The van der Waals surface area contributed by atoms with Crippen LogP contribution in [-0.2, 0) is 32.6 Å². The highest BCUT2D eigenvalue weighted by molar-refractivity contribution is 7.92. The van der Waals surface area contributed by atoms with Crippen molar-refractivity contribution in [3.8, 4) is 0 Å². The number of carbonyl (C=O) groups is 2. The molecule has 0 aliphatic rings. The molecular formula is C28H32ClN3O4S. The van der Waals surface area contributed by atoms with E-state index in [1.54, 1.807) is 55.5 Å². The molecule has 9 heteroatoms. The van der Waals surface area contributed by atoms with Gasteiger partial charge < -0.3 is 10.2 Å². The molecule has 1 unspecified atom stereocenters. The van der Waals surface area contributed by atoms with Crippen molar-refractivity contribution >= 4 is 39.1 Å². The summed E-state index contributed by atoms with van der Waals surface area (Å²) in [5.41, 5.74) is 2.77. The fourth-order valence-corrected chi connectivity index (χ4v) is 5.65. The minimum absolute atomic E-state index is 0.0426. The summed E-state index contributed by atoms with van der Waals surface area (Å²) < 4.78 is 28.9. The average Bonchev–Trinajstić information content (AvgIpc) is 2.90. The molecule has 0 aliphatic heterocycles. The van der Waals surface area contributed by atoms with E-state index in [1.807, 2.05) is 26.0 Å². The lowest BCUT2D eigenvalue weighted by atomic mass is 10.1. The number of nitrogens with one attached hydrogen (secondary N) is 1. The lowest BCUT2D eigenvalue weighted by Crippen LogP contribution is -2.50. The van der Waals surface area contributed by atoms with Gasteiger partial charge in [0.25, 0.3) is 10.0 Å². The standard InChI is InChI=1S/C28H32ClN3O4S/c1-5-22-10-7-9-13-26(22)32(37(35,36)24-16-14-20(2)15-17-24)19-27(33)31(21(3)28(34)30-4)18-23-11-6-8-12-25(23)29/h6-17,21H,5,18-19H2,1-4H3,(H,30,34). The van der Waals surface area contributed by atoms with E-state index in [-0.39, 0.29) is 17.3 Å². The van der Waals surface area contributed by atoms with Gasteiger partial charge in [-0.15, -0.1) is 0 Å². The lowest BCUT2D eigenvalue weighted by Gasteiger charge is -2.32. The fraction of sp³-hybridized carbons (Fsp3) is 0.286. The third-order valence-corrected chi connectivity index (χ3v) is 8.38. The largest absolute Gasteiger partial charge is 0.357 e. The molecule has 0 aliphatic carbocycles. The van der Waals surface area contributed by atoms with Gasteiger partial charge in [-0.05, 0) is 55.7 Å². The van der Waals surface area contributed by atoms with Crippen molar-refractivity contribution in [1.29, 1.82) is 0 Å². The summed E-state index contributed by atoms with van der Waals surface area (Å²) in [6.45, 7) is 4.96. The molecule has 0 radical (unpaired) electrons. The number of rotatable bonds is 10. The first-order valence-electron chi connectivity index (χ1n) is 12.0. The Bertz CT molecular complexity index is 1360. The third-order valence-electron chi connectivity index (χ3n) is 6.24. The normalized spacial score (nSPS) is 12.0. The molecule has 0 saturated heterocycles. The molecule has 3 aromatic rings. The minimum atomic E-state index is -4.11. The zero-order valence-corrected chi connectivity index (χ0v) is 23.0. The number of nitrogens with zero attached hydrogens (tertiary/aromatic N) is 2. The van der Waals surface area contributed by atoms with Gasteiger partial charge in [-0.2, -0.15) is 0 Å². The number of anilines is 1. The number of likely N-dealkylation sites (N-methyl/N-ethyl adjacent to an activating group) is 1. The Kier molecular flexibility index (Phi) is 9.34. The maximum atomic E-state index is 13.9. The second-order valence-corrected chi connectivity index (χ2v) is 11.0. The van der Waals surface area contributed by atoms with E-state index in [1.165, 1.54) is 24.1 Å². The molecule has 1 N–H and O–H groups in total. The Morgan fingerprint density at radius 1 is 0.946 bits per heavy atom. The van der Waals surface area contributed by atoms with Gasteiger partial charge in [0.05, 0.1) is 10.6 Å². The van der Waals surface area contributed by atoms with Gasteiger partial charge in [-0.3, -0.25) is 13.9 Å². The monoisotopic (exact) mass is 541 g/mol. The topological polar surface area (TPSA) is 86.8 Å². The molecule has 3 aromatic carbocycles. The molecule has 7 nitrogen and oxygen atoms in total. The van der Waals surface area contributed by atoms with Crippen molar-refractivity contribution in [2.75, 3.05) is 17.9 Å². The van der Waals surface area contributed by atoms with Crippen molar-refractivity contribution in [2.24, 2.45) is 0 Å². The summed E-state index contributed by atoms with van der Waals surface area (Å²) in [6, 6.07) is 19.8. The van der Waals surface area contributed by atoms with Crippen LogP contribution in [0.2, 0.25) is 5.02 Å². The molecule has 37 heavy (non-hydrogen) atoms. The second-order valence-electron chi connectivity index (χ2n) is 8.71. The number of para-hydroxylation sites is 1. The molecule has 0 spiro atoms. The zero-order valence-electron chi connectivity index (χ0n) is 21.4. The number of benzene rings is 3. The van der Waals surface area contributed by atoms with Crippen LogP contribution in [0, 0.1) is 6.92 Å². The van der Waals surface area contributed by atoms with Gasteiger partial charge in [0.2, 0.25) is 11.8 Å². The van der Waals surface area contributed by atoms with Crippen LogP contribution in [0.1, 0.15) is 30.5 Å². The van der Waals surface area contributed by atoms with Crippen molar-refractivity contribution in [3.63, 3.8) is 0 Å². The van der Waals surface area contributed by atoms with Crippen LogP contribution in [0.25, 0.3) is 0 Å². The van der Waals surface area contributed by atoms with Gasteiger partial charge in [0.1, 0.15) is 12.6 Å². The SMILES string of the molecule is CCc1ccccc1N(CC(=O)N(Cc1ccccc1Cl)C(C)C(=O)NC)S(=O)(=O)c1ccc(C)cc1. The van der Waals surface area contributed by atoms with Gasteiger partial charge in [-0.25, -0.2) is 8.42 Å². The quantitative estimate of drug-likeness (QED) is 0.407. The molecule has 1 atom stereocenters. The van der Waals surface area contributed by atoms with E-state index >= 15 is 0 Å². The summed E-state index contributed by atoms with van der Waals surface area (Å²) in [5, 5.41) is 3.02. The molecule has 196 valence electrons. The average molecular weight is 542 g/mol. The van der Waals surface area contributed by atoms with Crippen molar-refractivity contribution < 1.29 is 18.0 Å². The van der Waals surface area contributed by atoms with E-state index in [0.29, 0.717) is 22.7 Å². The smallest absolute Gasteiger partial charge is 0.264 e. The maximum Gasteiger partial charge on any atom is 0.264 e. The Morgan fingerprint density at radius 2 is 1.54 bits per heavy atom. The highest BCUT2D eigenvalue weighted by Gasteiger charge is 2.33. The molecule has 0 aromatic heterocycles. The van der Waals surface area contributed by atoms with Crippen molar-refractivity contribution in [1.82, 2.24) is 10.2 Å². The first-order chi connectivity index (χ1) is 17.6. The summed E-state index contributed by atoms with van der Waals surface area (Å²) in [4.78, 5) is 27.8. The molecule has 0 fully saturated rings. The Morgan fingerprint density at radius 3 is 2.14 bits per heavy atom. The molecule has 2 amide bonds. The van der Waals surface area contributed by atoms with Crippen molar-refractivity contribution in [2.45, 2.75) is 44.7 Å². The summed E-state index contributed by atoms with van der Waals surface area (Å²) >= 11 is 6.35. The maximum absolute atomic E-state index is 13.9. The van der Waals surface area contributed by atoms with E-state index in [2.05, 4.69) is 5.32 Å². The van der Waals surface area contributed by atoms with E-state index < -0.39 is 28.5 Å². The van der Waals surface area contributed by atoms with Crippen LogP contribution in [0.15, 0.2) is 77.7 Å². The Balaban J connectivity index is 2.08. The Labute approximate surface area is 224 Å². The van der Waals surface area contributed by atoms with E-state index in [4.69, 9.17) is 11.6 Å².